The Bertz CT molecular complexity index is 848. The Morgan fingerprint density at radius 2 is 1.86 bits per heavy atom. The molecule has 0 heterocycles. The predicted molar refractivity (Wildman–Crippen MR) is 106 cm³/mol. The standard InChI is InChI=1S/C21H25N3O4/c1-21(22,14-6-4-3-5-7-14)20(26)24-16-10-11-17(27-2)18(12-16)28-13-19(25)23-15-8-9-15/h3-7,10-12,15H,8-9,13,22H2,1-2H3,(H,23,25)(H,24,26). The van der Waals surface area contributed by atoms with Crippen LogP contribution in [0.4, 0.5) is 5.69 Å². The van der Waals surface area contributed by atoms with Gasteiger partial charge < -0.3 is 25.8 Å². The number of anilines is 1. The minimum absolute atomic E-state index is 0.122. The van der Waals surface area contributed by atoms with Crippen molar-refractivity contribution in [2.75, 3.05) is 19.0 Å². The maximum atomic E-state index is 12.7. The fourth-order valence-electron chi connectivity index (χ4n) is 2.68. The SMILES string of the molecule is COc1ccc(NC(=O)C(C)(N)c2ccccc2)cc1OCC(=O)NC1CC1. The summed E-state index contributed by atoms with van der Waals surface area (Å²) in [6.07, 6.45) is 2.02. The summed E-state index contributed by atoms with van der Waals surface area (Å²) in [4.78, 5) is 24.6. The van der Waals surface area contributed by atoms with E-state index < -0.39 is 5.54 Å². The van der Waals surface area contributed by atoms with E-state index in [4.69, 9.17) is 15.2 Å². The summed E-state index contributed by atoms with van der Waals surface area (Å²) in [7, 11) is 1.51. The van der Waals surface area contributed by atoms with Gasteiger partial charge in [0.25, 0.3) is 5.91 Å². The molecule has 0 radical (unpaired) electrons. The van der Waals surface area contributed by atoms with Crippen molar-refractivity contribution in [3.63, 3.8) is 0 Å². The molecule has 0 aliphatic heterocycles. The third-order valence-corrected chi connectivity index (χ3v) is 4.57. The van der Waals surface area contributed by atoms with Crippen LogP contribution in [-0.4, -0.2) is 31.6 Å². The molecule has 1 unspecified atom stereocenters. The first-order valence-corrected chi connectivity index (χ1v) is 9.16. The number of benzene rings is 2. The normalized spacial score (nSPS) is 15.2. The van der Waals surface area contributed by atoms with E-state index in [1.807, 2.05) is 18.2 Å². The summed E-state index contributed by atoms with van der Waals surface area (Å²) < 4.78 is 10.9. The van der Waals surface area contributed by atoms with E-state index in [1.54, 1.807) is 37.3 Å². The van der Waals surface area contributed by atoms with Gasteiger partial charge in [-0.15, -0.1) is 0 Å². The molecule has 0 spiro atoms. The van der Waals surface area contributed by atoms with Crippen molar-refractivity contribution in [3.8, 4) is 11.5 Å². The summed E-state index contributed by atoms with van der Waals surface area (Å²) in [6.45, 7) is 1.53. The van der Waals surface area contributed by atoms with Crippen LogP contribution in [0.25, 0.3) is 0 Å². The number of carbonyl (C=O) groups is 2. The molecular weight excluding hydrogens is 358 g/mol. The van der Waals surface area contributed by atoms with Gasteiger partial charge in [0.15, 0.2) is 18.1 Å². The van der Waals surface area contributed by atoms with Crippen molar-refractivity contribution in [2.24, 2.45) is 5.73 Å². The second kappa shape index (κ2) is 8.31. The molecular formula is C21H25N3O4. The van der Waals surface area contributed by atoms with E-state index >= 15 is 0 Å². The minimum Gasteiger partial charge on any atom is -0.493 e. The van der Waals surface area contributed by atoms with Crippen molar-refractivity contribution in [3.05, 3.63) is 54.1 Å². The van der Waals surface area contributed by atoms with Gasteiger partial charge in [0.1, 0.15) is 5.54 Å². The molecule has 28 heavy (non-hydrogen) atoms. The molecule has 1 aliphatic carbocycles. The number of nitrogens with one attached hydrogen (secondary N) is 2. The Balaban J connectivity index is 1.69. The number of carbonyl (C=O) groups excluding carboxylic acids is 2. The Kier molecular flexibility index (Phi) is 5.84. The van der Waals surface area contributed by atoms with Crippen LogP contribution in [0.5, 0.6) is 11.5 Å². The smallest absolute Gasteiger partial charge is 0.258 e. The highest BCUT2D eigenvalue weighted by Gasteiger charge is 2.30. The molecule has 1 atom stereocenters. The number of ether oxygens (including phenoxy) is 2. The van der Waals surface area contributed by atoms with Crippen molar-refractivity contribution in [1.29, 1.82) is 0 Å². The molecule has 3 rings (SSSR count). The third-order valence-electron chi connectivity index (χ3n) is 4.57. The summed E-state index contributed by atoms with van der Waals surface area (Å²) in [6, 6.07) is 14.4. The Morgan fingerprint density at radius 1 is 1.14 bits per heavy atom. The fourth-order valence-corrected chi connectivity index (χ4v) is 2.68. The molecule has 4 N–H and O–H groups in total. The first-order chi connectivity index (χ1) is 13.4. The van der Waals surface area contributed by atoms with Gasteiger partial charge in [0.2, 0.25) is 5.91 Å². The molecule has 0 bridgehead atoms. The maximum absolute atomic E-state index is 12.7. The molecule has 2 aromatic rings. The van der Waals surface area contributed by atoms with Crippen molar-refractivity contribution in [1.82, 2.24) is 5.32 Å². The first-order valence-electron chi connectivity index (χ1n) is 9.16. The molecule has 7 nitrogen and oxygen atoms in total. The zero-order valence-electron chi connectivity index (χ0n) is 16.0. The molecule has 1 aliphatic rings. The Hall–Kier alpha value is -3.06. The topological polar surface area (TPSA) is 103 Å². The third kappa shape index (κ3) is 4.80. The highest BCUT2D eigenvalue weighted by atomic mass is 16.5. The van der Waals surface area contributed by atoms with Gasteiger partial charge in [0, 0.05) is 17.8 Å². The number of rotatable bonds is 8. The summed E-state index contributed by atoms with van der Waals surface area (Å²) in [5.74, 6) is 0.291. The zero-order valence-corrected chi connectivity index (χ0v) is 16.0. The lowest BCUT2D eigenvalue weighted by Crippen LogP contribution is -2.45. The number of methoxy groups -OCH3 is 1. The van der Waals surface area contributed by atoms with Crippen LogP contribution in [0.3, 0.4) is 0 Å². The number of amides is 2. The van der Waals surface area contributed by atoms with Gasteiger partial charge in [-0.2, -0.15) is 0 Å². The van der Waals surface area contributed by atoms with E-state index in [0.29, 0.717) is 22.7 Å². The van der Waals surface area contributed by atoms with Crippen LogP contribution in [0.2, 0.25) is 0 Å². The summed E-state index contributed by atoms with van der Waals surface area (Å²) in [5, 5.41) is 5.66. The van der Waals surface area contributed by atoms with E-state index in [9.17, 15) is 9.59 Å². The molecule has 148 valence electrons. The average molecular weight is 383 g/mol. The quantitative estimate of drug-likeness (QED) is 0.648. The number of hydrogen-bond donors (Lipinski definition) is 3. The molecule has 0 saturated heterocycles. The number of hydrogen-bond acceptors (Lipinski definition) is 5. The van der Waals surface area contributed by atoms with Gasteiger partial charge >= 0.3 is 0 Å². The first kappa shape index (κ1) is 19.7. The van der Waals surface area contributed by atoms with Crippen LogP contribution in [-0.2, 0) is 15.1 Å². The van der Waals surface area contributed by atoms with Crippen LogP contribution in [0.15, 0.2) is 48.5 Å². The van der Waals surface area contributed by atoms with Crippen molar-refractivity contribution >= 4 is 17.5 Å². The van der Waals surface area contributed by atoms with Crippen LogP contribution < -0.4 is 25.8 Å². The van der Waals surface area contributed by atoms with Crippen molar-refractivity contribution in [2.45, 2.75) is 31.3 Å². The lowest BCUT2D eigenvalue weighted by Gasteiger charge is -2.24. The van der Waals surface area contributed by atoms with Crippen LogP contribution >= 0.6 is 0 Å². The van der Waals surface area contributed by atoms with Gasteiger partial charge in [-0.05, 0) is 37.5 Å². The summed E-state index contributed by atoms with van der Waals surface area (Å²) in [5.41, 5.74) is 6.25. The highest BCUT2D eigenvalue weighted by Crippen LogP contribution is 2.31. The molecule has 2 amide bonds. The van der Waals surface area contributed by atoms with E-state index in [2.05, 4.69) is 10.6 Å². The van der Waals surface area contributed by atoms with E-state index in [1.165, 1.54) is 7.11 Å². The van der Waals surface area contributed by atoms with Crippen LogP contribution in [0, 0.1) is 0 Å². The molecule has 2 aromatic carbocycles. The monoisotopic (exact) mass is 383 g/mol. The highest BCUT2D eigenvalue weighted by molar-refractivity contribution is 5.98. The predicted octanol–water partition coefficient (Wildman–Crippen LogP) is 2.17. The maximum Gasteiger partial charge on any atom is 0.258 e. The second-order valence-electron chi connectivity index (χ2n) is 7.02. The lowest BCUT2D eigenvalue weighted by atomic mass is 9.92. The fraction of sp³-hybridized carbons (Fsp3) is 0.333. The number of nitrogens with two attached hydrogens (primary N) is 1. The largest absolute Gasteiger partial charge is 0.493 e. The van der Waals surface area contributed by atoms with Gasteiger partial charge in [-0.25, -0.2) is 0 Å². The van der Waals surface area contributed by atoms with Gasteiger partial charge in [-0.3, -0.25) is 9.59 Å². The average Bonchev–Trinajstić information content (AvgIpc) is 3.51. The molecule has 1 fully saturated rings. The second-order valence-corrected chi connectivity index (χ2v) is 7.02. The molecule has 7 heteroatoms. The zero-order chi connectivity index (χ0) is 20.1. The Morgan fingerprint density at radius 3 is 2.50 bits per heavy atom. The lowest BCUT2D eigenvalue weighted by molar-refractivity contribution is -0.123. The van der Waals surface area contributed by atoms with E-state index in [-0.39, 0.29) is 24.5 Å². The summed E-state index contributed by atoms with van der Waals surface area (Å²) >= 11 is 0. The van der Waals surface area contributed by atoms with E-state index in [0.717, 1.165) is 12.8 Å². The molecule has 1 saturated carbocycles. The van der Waals surface area contributed by atoms with Crippen LogP contribution in [0.1, 0.15) is 25.3 Å². The van der Waals surface area contributed by atoms with Gasteiger partial charge in [0.05, 0.1) is 7.11 Å². The van der Waals surface area contributed by atoms with Gasteiger partial charge in [-0.1, -0.05) is 30.3 Å². The van der Waals surface area contributed by atoms with Crippen molar-refractivity contribution < 1.29 is 19.1 Å². The minimum atomic E-state index is -1.20. The Labute approximate surface area is 164 Å². The molecule has 0 aromatic heterocycles.